The molecule has 0 spiro atoms. The normalized spacial score (nSPS) is 15.4. The van der Waals surface area contributed by atoms with Crippen molar-refractivity contribution in [2.45, 2.75) is 10.2 Å². The van der Waals surface area contributed by atoms with Crippen LogP contribution in [0, 0.1) is 0 Å². The molecule has 0 radical (unpaired) electrons. The van der Waals surface area contributed by atoms with E-state index in [4.69, 9.17) is 16.7 Å². The number of benzene rings is 1. The quantitative estimate of drug-likeness (QED) is 0.842. The predicted octanol–water partition coefficient (Wildman–Crippen LogP) is 3.48. The Morgan fingerprint density at radius 2 is 1.85 bits per heavy atom. The Labute approximate surface area is 99.4 Å². The van der Waals surface area contributed by atoms with E-state index in [9.17, 15) is 0 Å². The first kappa shape index (κ1) is 11.5. The summed E-state index contributed by atoms with van der Waals surface area (Å²) in [5.74, 6) is 0. The monoisotopic (exact) mass is 326 g/mol. The molecule has 1 N–H and O–H groups in total. The molecule has 0 saturated heterocycles. The molecule has 4 heteroatoms. The van der Waals surface area contributed by atoms with Gasteiger partial charge in [-0.05, 0) is 17.7 Å². The first-order chi connectivity index (χ1) is 6.15. The van der Waals surface area contributed by atoms with E-state index in [-0.39, 0.29) is 16.8 Å². The minimum atomic E-state index is -0.196. The molecule has 1 rings (SSSR count). The highest BCUT2D eigenvalue weighted by Crippen LogP contribution is 2.29. The topological polar surface area (TPSA) is 20.2 Å². The van der Waals surface area contributed by atoms with Crippen molar-refractivity contribution in [1.29, 1.82) is 0 Å². The number of halogens is 3. The molecule has 0 saturated carbocycles. The van der Waals surface area contributed by atoms with Gasteiger partial charge in [-0.1, -0.05) is 44.0 Å². The van der Waals surface area contributed by atoms with Crippen LogP contribution in [0.4, 0.5) is 0 Å². The van der Waals surface area contributed by atoms with E-state index >= 15 is 0 Å². The van der Waals surface area contributed by atoms with Gasteiger partial charge in [0, 0.05) is 4.47 Å². The molecule has 0 aromatic heterocycles. The highest BCUT2D eigenvalue weighted by molar-refractivity contribution is 9.10. The van der Waals surface area contributed by atoms with Crippen LogP contribution in [0.2, 0.25) is 0 Å². The van der Waals surface area contributed by atoms with Gasteiger partial charge in [-0.25, -0.2) is 0 Å². The summed E-state index contributed by atoms with van der Waals surface area (Å²) in [5, 5.41) is 8.68. The molecule has 0 heterocycles. The SMILES string of the molecule is OCC(Br)C(Cl)c1ccc(Br)cc1. The molecule has 1 aromatic rings. The van der Waals surface area contributed by atoms with Gasteiger partial charge in [0.15, 0.2) is 0 Å². The molecular weight excluding hydrogens is 319 g/mol. The number of hydrogen-bond donors (Lipinski definition) is 1. The lowest BCUT2D eigenvalue weighted by Gasteiger charge is -2.14. The van der Waals surface area contributed by atoms with Crippen molar-refractivity contribution in [2.75, 3.05) is 6.61 Å². The molecule has 1 nitrogen and oxygen atoms in total. The third kappa shape index (κ3) is 3.24. The summed E-state index contributed by atoms with van der Waals surface area (Å²) in [7, 11) is 0. The van der Waals surface area contributed by atoms with Gasteiger partial charge in [-0.15, -0.1) is 11.6 Å². The summed E-state index contributed by atoms with van der Waals surface area (Å²) in [4.78, 5) is -0.102. The molecular formula is C9H9Br2ClO. The standard InChI is InChI=1S/C9H9Br2ClO/c10-7-3-1-6(2-4-7)9(12)8(11)5-13/h1-4,8-9,13H,5H2. The Balaban J connectivity index is 2.77. The summed E-state index contributed by atoms with van der Waals surface area (Å²) >= 11 is 12.7. The van der Waals surface area contributed by atoms with Crippen LogP contribution in [0.15, 0.2) is 28.7 Å². The van der Waals surface area contributed by atoms with E-state index < -0.39 is 0 Å². The van der Waals surface area contributed by atoms with Crippen LogP contribution >= 0.6 is 43.5 Å². The Hall–Kier alpha value is 0.430. The summed E-state index contributed by atoms with van der Waals surface area (Å²) in [5.41, 5.74) is 1.00. The largest absolute Gasteiger partial charge is 0.395 e. The maximum absolute atomic E-state index is 8.88. The Morgan fingerprint density at radius 3 is 2.31 bits per heavy atom. The Bertz CT molecular complexity index is 263. The fraction of sp³-hybridized carbons (Fsp3) is 0.333. The molecule has 72 valence electrons. The van der Waals surface area contributed by atoms with Crippen LogP contribution in [0.3, 0.4) is 0 Å². The summed E-state index contributed by atoms with van der Waals surface area (Å²) in [6.07, 6.45) is 0. The molecule has 13 heavy (non-hydrogen) atoms. The fourth-order valence-corrected chi connectivity index (χ4v) is 1.74. The van der Waals surface area contributed by atoms with E-state index in [0.29, 0.717) is 0 Å². The highest BCUT2D eigenvalue weighted by atomic mass is 79.9. The second-order valence-corrected chi connectivity index (χ2v) is 5.21. The third-order valence-electron chi connectivity index (χ3n) is 1.68. The van der Waals surface area contributed by atoms with E-state index in [1.165, 1.54) is 0 Å². The Kier molecular flexibility index (Phi) is 4.73. The number of rotatable bonds is 3. The van der Waals surface area contributed by atoms with Crippen LogP contribution in [0.1, 0.15) is 10.9 Å². The molecule has 0 aliphatic rings. The number of alkyl halides is 2. The lowest BCUT2D eigenvalue weighted by atomic mass is 10.1. The molecule has 2 unspecified atom stereocenters. The number of aliphatic hydroxyl groups excluding tert-OH is 1. The molecule has 0 bridgehead atoms. The van der Waals surface area contributed by atoms with E-state index in [0.717, 1.165) is 10.0 Å². The zero-order valence-electron chi connectivity index (χ0n) is 6.75. The smallest absolute Gasteiger partial charge is 0.0732 e. The highest BCUT2D eigenvalue weighted by Gasteiger charge is 2.16. The van der Waals surface area contributed by atoms with Gasteiger partial charge in [0.25, 0.3) is 0 Å². The van der Waals surface area contributed by atoms with Crippen molar-refractivity contribution in [2.24, 2.45) is 0 Å². The van der Waals surface area contributed by atoms with Crippen molar-refractivity contribution in [1.82, 2.24) is 0 Å². The fourth-order valence-electron chi connectivity index (χ4n) is 0.948. The van der Waals surface area contributed by atoms with E-state index in [2.05, 4.69) is 31.9 Å². The van der Waals surface area contributed by atoms with Crippen molar-refractivity contribution in [3.63, 3.8) is 0 Å². The van der Waals surface area contributed by atoms with E-state index in [1.807, 2.05) is 24.3 Å². The molecule has 0 aliphatic carbocycles. The van der Waals surface area contributed by atoms with Crippen LogP contribution < -0.4 is 0 Å². The van der Waals surface area contributed by atoms with Gasteiger partial charge in [-0.3, -0.25) is 0 Å². The average molecular weight is 328 g/mol. The average Bonchev–Trinajstić information content (AvgIpc) is 2.17. The lowest BCUT2D eigenvalue weighted by molar-refractivity contribution is 0.294. The maximum atomic E-state index is 8.88. The first-order valence-electron chi connectivity index (χ1n) is 3.79. The third-order valence-corrected chi connectivity index (χ3v) is 3.89. The zero-order valence-corrected chi connectivity index (χ0v) is 10.7. The lowest BCUT2D eigenvalue weighted by Crippen LogP contribution is -2.11. The predicted molar refractivity (Wildman–Crippen MR) is 62.5 cm³/mol. The number of aliphatic hydroxyl groups is 1. The van der Waals surface area contributed by atoms with Crippen LogP contribution in [0.25, 0.3) is 0 Å². The minimum Gasteiger partial charge on any atom is -0.395 e. The summed E-state index contributed by atoms with van der Waals surface area (Å²) < 4.78 is 1.02. The van der Waals surface area contributed by atoms with Crippen molar-refractivity contribution < 1.29 is 5.11 Å². The van der Waals surface area contributed by atoms with Gasteiger partial charge in [0.05, 0.1) is 16.8 Å². The summed E-state index contributed by atoms with van der Waals surface area (Å²) in [6.45, 7) is 0.0320. The number of hydrogen-bond acceptors (Lipinski definition) is 1. The van der Waals surface area contributed by atoms with E-state index in [1.54, 1.807) is 0 Å². The van der Waals surface area contributed by atoms with Crippen molar-refractivity contribution >= 4 is 43.5 Å². The molecule has 0 amide bonds. The molecule has 2 atom stereocenters. The second kappa shape index (κ2) is 5.35. The first-order valence-corrected chi connectivity index (χ1v) is 5.94. The maximum Gasteiger partial charge on any atom is 0.0732 e. The van der Waals surface area contributed by atoms with Gasteiger partial charge in [0.2, 0.25) is 0 Å². The Morgan fingerprint density at radius 1 is 1.31 bits per heavy atom. The van der Waals surface area contributed by atoms with Gasteiger partial charge in [-0.2, -0.15) is 0 Å². The van der Waals surface area contributed by atoms with Crippen LogP contribution in [-0.2, 0) is 0 Å². The van der Waals surface area contributed by atoms with Gasteiger partial charge >= 0.3 is 0 Å². The second-order valence-electron chi connectivity index (χ2n) is 2.65. The van der Waals surface area contributed by atoms with Gasteiger partial charge < -0.3 is 5.11 Å². The molecule has 0 aliphatic heterocycles. The van der Waals surface area contributed by atoms with Crippen LogP contribution in [-0.4, -0.2) is 16.5 Å². The van der Waals surface area contributed by atoms with Crippen LogP contribution in [0.5, 0.6) is 0 Å². The summed E-state index contributed by atoms with van der Waals surface area (Å²) in [6, 6.07) is 7.74. The molecule has 1 aromatic carbocycles. The minimum absolute atomic E-state index is 0.0320. The van der Waals surface area contributed by atoms with Crippen molar-refractivity contribution in [3.05, 3.63) is 34.3 Å². The molecule has 0 fully saturated rings. The van der Waals surface area contributed by atoms with Gasteiger partial charge in [0.1, 0.15) is 0 Å². The van der Waals surface area contributed by atoms with Crippen molar-refractivity contribution in [3.8, 4) is 0 Å². The zero-order chi connectivity index (χ0) is 9.84.